The van der Waals surface area contributed by atoms with Crippen LogP contribution >= 0.6 is 22.9 Å². The van der Waals surface area contributed by atoms with Gasteiger partial charge < -0.3 is 0 Å². The summed E-state index contributed by atoms with van der Waals surface area (Å²) in [6.07, 6.45) is 0. The predicted molar refractivity (Wildman–Crippen MR) is 57.0 cm³/mol. The number of aromatic nitrogens is 1. The number of hydrogen-bond acceptors (Lipinski definition) is 3. The maximum Gasteiger partial charge on any atom is 0.215 e. The van der Waals surface area contributed by atoms with Crippen molar-refractivity contribution in [1.82, 2.24) is 4.98 Å². The molecule has 0 saturated carbocycles. The van der Waals surface area contributed by atoms with Gasteiger partial charge in [0.2, 0.25) is 5.78 Å². The zero-order valence-corrected chi connectivity index (χ0v) is 8.98. The Labute approximate surface area is 94.3 Å². The van der Waals surface area contributed by atoms with Crippen molar-refractivity contribution >= 4 is 28.7 Å². The molecule has 1 heterocycles. The number of carbonyl (C=O) groups is 1. The van der Waals surface area contributed by atoms with Gasteiger partial charge in [-0.25, -0.2) is 9.37 Å². The van der Waals surface area contributed by atoms with Crippen LogP contribution in [-0.4, -0.2) is 10.8 Å². The molecule has 0 N–H and O–H groups in total. The highest BCUT2D eigenvalue weighted by molar-refractivity contribution is 7.07. The van der Waals surface area contributed by atoms with Crippen molar-refractivity contribution in [2.24, 2.45) is 0 Å². The molecule has 0 unspecified atom stereocenters. The number of ketones is 1. The average molecular weight is 242 g/mol. The summed E-state index contributed by atoms with van der Waals surface area (Å²) in [5.41, 5.74) is 1.71. The van der Waals surface area contributed by atoms with Crippen LogP contribution in [0.15, 0.2) is 29.1 Å². The molecule has 0 bridgehead atoms. The van der Waals surface area contributed by atoms with Crippen LogP contribution in [0, 0.1) is 5.82 Å². The van der Waals surface area contributed by atoms with Crippen LogP contribution in [0.3, 0.4) is 0 Å². The van der Waals surface area contributed by atoms with Crippen LogP contribution in [0.5, 0.6) is 0 Å². The third-order valence-corrected chi connectivity index (χ3v) is 2.66. The first-order valence-corrected chi connectivity index (χ1v) is 5.38. The molecule has 0 atom stereocenters. The molecule has 1 aromatic heterocycles. The van der Waals surface area contributed by atoms with Crippen LogP contribution in [0.4, 0.5) is 4.39 Å². The fourth-order valence-corrected chi connectivity index (χ4v) is 1.84. The Kier molecular flexibility index (Phi) is 2.79. The average Bonchev–Trinajstić information content (AvgIpc) is 2.74. The molecule has 0 fully saturated rings. The van der Waals surface area contributed by atoms with Gasteiger partial charge in [-0.2, -0.15) is 0 Å². The molecule has 76 valence electrons. The molecule has 0 aliphatic rings. The van der Waals surface area contributed by atoms with E-state index >= 15 is 0 Å². The quantitative estimate of drug-likeness (QED) is 0.756. The topological polar surface area (TPSA) is 30.0 Å². The normalized spacial score (nSPS) is 10.3. The number of rotatable bonds is 2. The van der Waals surface area contributed by atoms with Gasteiger partial charge in [0.25, 0.3) is 0 Å². The summed E-state index contributed by atoms with van der Waals surface area (Å²) in [5.74, 6) is -1.03. The summed E-state index contributed by atoms with van der Waals surface area (Å²) < 4.78 is 13.3. The van der Waals surface area contributed by atoms with Crippen molar-refractivity contribution < 1.29 is 9.18 Å². The largest absolute Gasteiger partial charge is 0.287 e. The molecule has 0 spiro atoms. The van der Waals surface area contributed by atoms with Gasteiger partial charge in [-0.15, -0.1) is 11.3 Å². The summed E-state index contributed by atoms with van der Waals surface area (Å²) in [5, 5.41) is 1.90. The first-order chi connectivity index (χ1) is 7.18. The number of halogens is 2. The molecule has 0 aliphatic heterocycles. The Bertz CT molecular complexity index is 498. The van der Waals surface area contributed by atoms with Crippen LogP contribution in [0.25, 0.3) is 0 Å². The van der Waals surface area contributed by atoms with Crippen molar-refractivity contribution in [2.75, 3.05) is 0 Å². The zero-order chi connectivity index (χ0) is 10.8. The molecular formula is C10H5ClFNOS. The third-order valence-electron chi connectivity index (χ3n) is 1.84. The summed E-state index contributed by atoms with van der Waals surface area (Å²) in [6.45, 7) is 0. The minimum absolute atomic E-state index is 0.0478. The molecule has 0 amide bonds. The SMILES string of the molecule is O=C(c1cscn1)c1cc(Cl)ccc1F. The molecule has 2 nitrogen and oxygen atoms in total. The van der Waals surface area contributed by atoms with Crippen LogP contribution in [0.1, 0.15) is 16.1 Å². The molecular weight excluding hydrogens is 237 g/mol. The van der Waals surface area contributed by atoms with E-state index in [2.05, 4.69) is 4.98 Å². The van der Waals surface area contributed by atoms with E-state index in [-0.39, 0.29) is 11.3 Å². The molecule has 15 heavy (non-hydrogen) atoms. The monoisotopic (exact) mass is 241 g/mol. The van der Waals surface area contributed by atoms with Crippen molar-refractivity contribution in [2.45, 2.75) is 0 Å². The Morgan fingerprint density at radius 3 is 2.93 bits per heavy atom. The van der Waals surface area contributed by atoms with Gasteiger partial charge in [0.1, 0.15) is 11.5 Å². The van der Waals surface area contributed by atoms with Gasteiger partial charge in [0.15, 0.2) is 0 Å². The lowest BCUT2D eigenvalue weighted by Gasteiger charge is -2.00. The smallest absolute Gasteiger partial charge is 0.215 e. The van der Waals surface area contributed by atoms with E-state index in [1.807, 2.05) is 0 Å². The van der Waals surface area contributed by atoms with E-state index in [0.717, 1.165) is 0 Å². The van der Waals surface area contributed by atoms with Crippen LogP contribution in [0.2, 0.25) is 5.02 Å². The lowest BCUT2D eigenvalue weighted by Crippen LogP contribution is -2.04. The van der Waals surface area contributed by atoms with E-state index < -0.39 is 11.6 Å². The fourth-order valence-electron chi connectivity index (χ4n) is 1.13. The molecule has 5 heteroatoms. The highest BCUT2D eigenvalue weighted by Gasteiger charge is 2.15. The van der Waals surface area contributed by atoms with Crippen molar-refractivity contribution in [3.8, 4) is 0 Å². The minimum Gasteiger partial charge on any atom is -0.287 e. The third kappa shape index (κ3) is 2.06. The van der Waals surface area contributed by atoms with Crippen LogP contribution < -0.4 is 0 Å². The van der Waals surface area contributed by atoms with Crippen molar-refractivity contribution in [1.29, 1.82) is 0 Å². The molecule has 0 radical (unpaired) electrons. The molecule has 0 aliphatic carbocycles. The van der Waals surface area contributed by atoms with Crippen molar-refractivity contribution in [3.63, 3.8) is 0 Å². The summed E-state index contributed by atoms with van der Waals surface area (Å²) in [7, 11) is 0. The number of nitrogens with zero attached hydrogens (tertiary/aromatic N) is 1. The lowest BCUT2D eigenvalue weighted by molar-refractivity contribution is 0.103. The number of carbonyl (C=O) groups excluding carboxylic acids is 1. The number of benzene rings is 1. The Morgan fingerprint density at radius 1 is 1.47 bits per heavy atom. The van der Waals surface area contributed by atoms with Gasteiger partial charge in [-0.3, -0.25) is 4.79 Å². The van der Waals surface area contributed by atoms with Crippen molar-refractivity contribution in [3.05, 3.63) is 51.2 Å². The first kappa shape index (κ1) is 10.3. The summed E-state index contributed by atoms with van der Waals surface area (Å²) in [6, 6.07) is 3.87. The molecule has 2 aromatic rings. The van der Waals surface area contributed by atoms with Gasteiger partial charge in [0, 0.05) is 10.4 Å². The van der Waals surface area contributed by atoms with E-state index in [1.54, 1.807) is 5.38 Å². The molecule has 1 aromatic carbocycles. The molecule has 2 rings (SSSR count). The second-order valence-corrected chi connectivity index (χ2v) is 3.98. The Balaban J connectivity index is 2.46. The maximum atomic E-state index is 13.3. The zero-order valence-electron chi connectivity index (χ0n) is 7.41. The van der Waals surface area contributed by atoms with Gasteiger partial charge in [-0.1, -0.05) is 11.6 Å². The molecule has 0 saturated heterocycles. The lowest BCUT2D eigenvalue weighted by atomic mass is 10.1. The standard InChI is InChI=1S/C10H5ClFNOS/c11-6-1-2-8(12)7(3-6)10(14)9-4-15-5-13-9/h1-5H. The minimum atomic E-state index is -0.586. The maximum absolute atomic E-state index is 13.3. The van der Waals surface area contributed by atoms with E-state index in [9.17, 15) is 9.18 Å². The van der Waals surface area contributed by atoms with Gasteiger partial charge in [0.05, 0.1) is 11.1 Å². The van der Waals surface area contributed by atoms with Gasteiger partial charge in [-0.05, 0) is 18.2 Å². The number of thiazole rings is 1. The Morgan fingerprint density at radius 2 is 2.27 bits per heavy atom. The van der Waals surface area contributed by atoms with E-state index in [1.165, 1.54) is 35.0 Å². The summed E-state index contributed by atoms with van der Waals surface area (Å²) >= 11 is 6.97. The second kappa shape index (κ2) is 4.08. The predicted octanol–water partition coefficient (Wildman–Crippen LogP) is 3.17. The second-order valence-electron chi connectivity index (χ2n) is 2.83. The van der Waals surface area contributed by atoms with Gasteiger partial charge >= 0.3 is 0 Å². The highest BCUT2D eigenvalue weighted by Crippen LogP contribution is 2.18. The van der Waals surface area contributed by atoms with E-state index in [0.29, 0.717) is 5.02 Å². The number of hydrogen-bond donors (Lipinski definition) is 0. The highest BCUT2D eigenvalue weighted by atomic mass is 35.5. The van der Waals surface area contributed by atoms with Crippen LogP contribution in [-0.2, 0) is 0 Å². The Hall–Kier alpha value is -1.26. The fraction of sp³-hybridized carbons (Fsp3) is 0. The van der Waals surface area contributed by atoms with E-state index in [4.69, 9.17) is 11.6 Å². The summed E-state index contributed by atoms with van der Waals surface area (Å²) in [4.78, 5) is 15.5. The first-order valence-electron chi connectivity index (χ1n) is 4.06.